The van der Waals surface area contributed by atoms with Crippen molar-refractivity contribution in [1.82, 2.24) is 15.0 Å². The summed E-state index contributed by atoms with van der Waals surface area (Å²) in [5.74, 6) is -1.26. The molecule has 0 aliphatic carbocycles. The molecular formula is C20H12Cl2N4O3S. The Morgan fingerprint density at radius 1 is 1.03 bits per heavy atom. The fourth-order valence-corrected chi connectivity index (χ4v) is 3.57. The summed E-state index contributed by atoms with van der Waals surface area (Å²) in [6, 6.07) is 12.3. The molecule has 0 saturated carbocycles. The molecule has 1 amide bonds. The van der Waals surface area contributed by atoms with Crippen LogP contribution >= 0.6 is 34.5 Å². The number of fused-ring (bicyclic) bond motifs is 1. The Balaban J connectivity index is 1.36. The third-order valence-corrected chi connectivity index (χ3v) is 5.45. The predicted octanol–water partition coefficient (Wildman–Crippen LogP) is 4.86. The molecular weight excluding hydrogens is 447 g/mol. The second-order valence-corrected chi connectivity index (χ2v) is 7.71. The third kappa shape index (κ3) is 4.56. The van der Waals surface area contributed by atoms with Crippen molar-refractivity contribution < 1.29 is 14.3 Å². The van der Waals surface area contributed by atoms with Gasteiger partial charge in [0, 0.05) is 10.9 Å². The molecule has 1 N–H and O–H groups in total. The quantitative estimate of drug-likeness (QED) is 0.429. The van der Waals surface area contributed by atoms with Crippen LogP contribution in [0.15, 0.2) is 54.0 Å². The summed E-state index contributed by atoms with van der Waals surface area (Å²) in [5, 5.41) is 5.58. The van der Waals surface area contributed by atoms with Crippen LogP contribution in [0, 0.1) is 0 Å². The van der Waals surface area contributed by atoms with Gasteiger partial charge >= 0.3 is 5.97 Å². The van der Waals surface area contributed by atoms with Gasteiger partial charge in [0.15, 0.2) is 17.4 Å². The highest BCUT2D eigenvalue weighted by molar-refractivity contribution is 7.14. The molecule has 0 saturated heterocycles. The average Bonchev–Trinajstić information content (AvgIpc) is 3.22. The van der Waals surface area contributed by atoms with Crippen LogP contribution in [0.4, 0.5) is 5.13 Å². The van der Waals surface area contributed by atoms with Crippen LogP contribution in [-0.4, -0.2) is 33.4 Å². The number of esters is 1. The van der Waals surface area contributed by atoms with Gasteiger partial charge in [-0.1, -0.05) is 41.4 Å². The monoisotopic (exact) mass is 458 g/mol. The van der Waals surface area contributed by atoms with E-state index >= 15 is 0 Å². The third-order valence-electron chi connectivity index (χ3n) is 3.96. The molecule has 7 nitrogen and oxygen atoms in total. The van der Waals surface area contributed by atoms with Gasteiger partial charge in [0.1, 0.15) is 0 Å². The highest BCUT2D eigenvalue weighted by Gasteiger charge is 2.14. The number of nitrogens with zero attached hydrogens (tertiary/aromatic N) is 3. The number of benzene rings is 2. The summed E-state index contributed by atoms with van der Waals surface area (Å²) in [5.41, 5.74) is 2.65. The molecule has 0 aliphatic heterocycles. The van der Waals surface area contributed by atoms with Crippen LogP contribution in [0.1, 0.15) is 10.5 Å². The van der Waals surface area contributed by atoms with Crippen molar-refractivity contribution >= 4 is 62.6 Å². The number of nitrogens with one attached hydrogen (secondary N) is 1. The van der Waals surface area contributed by atoms with Gasteiger partial charge in [0.05, 0.1) is 33.0 Å². The summed E-state index contributed by atoms with van der Waals surface area (Å²) in [4.78, 5) is 36.9. The molecule has 2 heterocycles. The van der Waals surface area contributed by atoms with Crippen molar-refractivity contribution in [3.63, 3.8) is 0 Å². The summed E-state index contributed by atoms with van der Waals surface area (Å²) in [6.07, 6.45) is 1.31. The standard InChI is InChI=1S/C20H12Cl2N4O3S/c21-12-6-5-11(7-13(12)22)17-10-30-20(25-17)26-18(27)9-29-19(28)16-8-23-14-3-1-2-4-15(14)24-16/h1-8,10H,9H2,(H,25,26,27). The Morgan fingerprint density at radius 3 is 2.63 bits per heavy atom. The number of anilines is 1. The molecule has 0 unspecified atom stereocenters. The Labute approximate surface area is 184 Å². The van der Waals surface area contributed by atoms with Gasteiger partial charge in [0.2, 0.25) is 0 Å². The second-order valence-electron chi connectivity index (χ2n) is 6.04. The van der Waals surface area contributed by atoms with Crippen molar-refractivity contribution in [2.75, 3.05) is 11.9 Å². The van der Waals surface area contributed by atoms with E-state index in [9.17, 15) is 9.59 Å². The van der Waals surface area contributed by atoms with E-state index < -0.39 is 18.5 Å². The number of carbonyl (C=O) groups is 2. The number of hydrogen-bond acceptors (Lipinski definition) is 7. The fraction of sp³-hybridized carbons (Fsp3) is 0.0500. The zero-order valence-corrected chi connectivity index (χ0v) is 17.5. The highest BCUT2D eigenvalue weighted by atomic mass is 35.5. The van der Waals surface area contributed by atoms with E-state index in [2.05, 4.69) is 20.3 Å². The molecule has 0 fully saturated rings. The van der Waals surface area contributed by atoms with Crippen LogP contribution < -0.4 is 5.32 Å². The SMILES string of the molecule is O=C(COC(=O)c1cnc2ccccc2n1)Nc1nc(-c2ccc(Cl)c(Cl)c2)cs1. The lowest BCUT2D eigenvalue weighted by Crippen LogP contribution is -2.21. The second kappa shape index (κ2) is 8.74. The van der Waals surface area contributed by atoms with E-state index in [-0.39, 0.29) is 5.69 Å². The van der Waals surface area contributed by atoms with E-state index in [1.165, 1.54) is 17.5 Å². The predicted molar refractivity (Wildman–Crippen MR) is 116 cm³/mol. The number of amides is 1. The molecule has 0 bridgehead atoms. The van der Waals surface area contributed by atoms with Gasteiger partial charge in [0.25, 0.3) is 5.91 Å². The number of para-hydroxylation sites is 2. The van der Waals surface area contributed by atoms with E-state index in [1.54, 1.807) is 41.8 Å². The van der Waals surface area contributed by atoms with Crippen LogP contribution in [-0.2, 0) is 9.53 Å². The summed E-state index contributed by atoms with van der Waals surface area (Å²) < 4.78 is 5.02. The molecule has 2 aromatic carbocycles. The fourth-order valence-electron chi connectivity index (χ4n) is 2.54. The van der Waals surface area contributed by atoms with Gasteiger partial charge in [-0.05, 0) is 24.3 Å². The number of ether oxygens (including phenoxy) is 1. The van der Waals surface area contributed by atoms with Gasteiger partial charge in [-0.15, -0.1) is 11.3 Å². The molecule has 4 aromatic rings. The molecule has 0 spiro atoms. The average molecular weight is 459 g/mol. The van der Waals surface area contributed by atoms with Crippen molar-refractivity contribution in [1.29, 1.82) is 0 Å². The normalized spacial score (nSPS) is 10.7. The minimum atomic E-state index is -0.737. The lowest BCUT2D eigenvalue weighted by atomic mass is 10.2. The zero-order chi connectivity index (χ0) is 21.1. The number of halogens is 2. The topological polar surface area (TPSA) is 94.1 Å². The Kier molecular flexibility index (Phi) is 5.89. The van der Waals surface area contributed by atoms with Crippen LogP contribution in [0.25, 0.3) is 22.3 Å². The van der Waals surface area contributed by atoms with Gasteiger partial charge in [-0.2, -0.15) is 0 Å². The van der Waals surface area contributed by atoms with Gasteiger partial charge in [-0.3, -0.25) is 15.1 Å². The first-order valence-corrected chi connectivity index (χ1v) is 10.2. The molecule has 4 rings (SSSR count). The van der Waals surface area contributed by atoms with Crippen LogP contribution in [0.3, 0.4) is 0 Å². The number of rotatable bonds is 5. The molecule has 30 heavy (non-hydrogen) atoms. The molecule has 0 atom stereocenters. The first-order chi connectivity index (χ1) is 14.5. The summed E-state index contributed by atoms with van der Waals surface area (Å²) in [7, 11) is 0. The molecule has 0 aliphatic rings. The maximum atomic E-state index is 12.2. The minimum Gasteiger partial charge on any atom is -0.451 e. The van der Waals surface area contributed by atoms with E-state index in [4.69, 9.17) is 27.9 Å². The lowest BCUT2D eigenvalue weighted by Gasteiger charge is -2.05. The molecule has 10 heteroatoms. The number of hydrogen-bond donors (Lipinski definition) is 1. The summed E-state index contributed by atoms with van der Waals surface area (Å²) >= 11 is 13.2. The Hall–Kier alpha value is -3.07. The summed E-state index contributed by atoms with van der Waals surface area (Å²) in [6.45, 7) is -0.477. The number of thiazole rings is 1. The maximum absolute atomic E-state index is 12.2. The van der Waals surface area contributed by atoms with Gasteiger partial charge in [-0.25, -0.2) is 14.8 Å². The minimum absolute atomic E-state index is 0.0256. The van der Waals surface area contributed by atoms with Crippen LogP contribution in [0.2, 0.25) is 10.0 Å². The first-order valence-electron chi connectivity index (χ1n) is 8.59. The largest absolute Gasteiger partial charge is 0.451 e. The molecule has 2 aromatic heterocycles. The maximum Gasteiger partial charge on any atom is 0.359 e. The van der Waals surface area contributed by atoms with E-state index in [0.717, 1.165) is 5.56 Å². The van der Waals surface area contributed by atoms with Crippen LogP contribution in [0.5, 0.6) is 0 Å². The van der Waals surface area contributed by atoms with Crippen molar-refractivity contribution in [2.45, 2.75) is 0 Å². The van der Waals surface area contributed by atoms with Crippen molar-refractivity contribution in [2.24, 2.45) is 0 Å². The Morgan fingerprint density at radius 2 is 1.83 bits per heavy atom. The molecule has 150 valence electrons. The first kappa shape index (κ1) is 20.2. The smallest absolute Gasteiger partial charge is 0.359 e. The Bertz CT molecular complexity index is 1260. The molecule has 0 radical (unpaired) electrons. The van der Waals surface area contributed by atoms with Crippen molar-refractivity contribution in [3.8, 4) is 11.3 Å². The highest BCUT2D eigenvalue weighted by Crippen LogP contribution is 2.30. The zero-order valence-electron chi connectivity index (χ0n) is 15.1. The number of carbonyl (C=O) groups excluding carboxylic acids is 2. The lowest BCUT2D eigenvalue weighted by molar-refractivity contribution is -0.119. The van der Waals surface area contributed by atoms with E-state index in [1.807, 2.05) is 6.07 Å². The van der Waals surface area contributed by atoms with Crippen molar-refractivity contribution in [3.05, 3.63) is 69.8 Å². The van der Waals surface area contributed by atoms with Gasteiger partial charge < -0.3 is 4.74 Å². The number of aromatic nitrogens is 3. The van der Waals surface area contributed by atoms with E-state index in [0.29, 0.717) is 31.9 Å².